The number of likely N-dealkylation sites (tertiary alicyclic amines) is 1. The Hall–Kier alpha value is -2.48. The van der Waals surface area contributed by atoms with Crippen LogP contribution in [0.4, 0.5) is 5.95 Å². The number of hydrogen-bond acceptors (Lipinski definition) is 7. The smallest absolute Gasteiger partial charge is 0.251 e. The zero-order valence-electron chi connectivity index (χ0n) is 18.3. The van der Waals surface area contributed by atoms with E-state index >= 15 is 0 Å². The highest BCUT2D eigenvalue weighted by Gasteiger charge is 2.33. The van der Waals surface area contributed by atoms with E-state index in [1.807, 2.05) is 24.1 Å². The molecular formula is C23H31N5O3. The summed E-state index contributed by atoms with van der Waals surface area (Å²) in [6.07, 6.45) is 8.90. The molecule has 3 aliphatic rings. The molecule has 3 fully saturated rings. The van der Waals surface area contributed by atoms with Gasteiger partial charge in [0.2, 0.25) is 5.95 Å². The molecule has 0 saturated carbocycles. The van der Waals surface area contributed by atoms with Crippen molar-refractivity contribution in [3.05, 3.63) is 23.7 Å². The fourth-order valence-electron chi connectivity index (χ4n) is 4.97. The van der Waals surface area contributed by atoms with E-state index in [1.165, 1.54) is 19.3 Å². The number of aromatic nitrogens is 3. The van der Waals surface area contributed by atoms with E-state index in [1.54, 1.807) is 0 Å². The van der Waals surface area contributed by atoms with Gasteiger partial charge < -0.3 is 19.1 Å². The number of carbonyl (C=O) groups is 1. The first-order chi connectivity index (χ1) is 15.2. The number of anilines is 1. The van der Waals surface area contributed by atoms with Crippen molar-refractivity contribution >= 4 is 11.9 Å². The van der Waals surface area contributed by atoms with Crippen LogP contribution in [0.2, 0.25) is 0 Å². The molecule has 5 heterocycles. The molecule has 1 atom stereocenters. The Labute approximate surface area is 183 Å². The molecule has 0 aliphatic carbocycles. The van der Waals surface area contributed by atoms with Gasteiger partial charge in [0.05, 0.1) is 17.0 Å². The molecule has 3 saturated heterocycles. The summed E-state index contributed by atoms with van der Waals surface area (Å²) < 4.78 is 11.2. The van der Waals surface area contributed by atoms with Crippen LogP contribution in [0.5, 0.6) is 0 Å². The molecule has 0 unspecified atom stereocenters. The lowest BCUT2D eigenvalue weighted by molar-refractivity contribution is -0.142. The summed E-state index contributed by atoms with van der Waals surface area (Å²) in [5.41, 5.74) is 2.79. The van der Waals surface area contributed by atoms with Gasteiger partial charge >= 0.3 is 0 Å². The number of amides is 1. The first kappa shape index (κ1) is 20.4. The van der Waals surface area contributed by atoms with Gasteiger partial charge in [-0.3, -0.25) is 4.79 Å². The minimum atomic E-state index is -0.242. The van der Waals surface area contributed by atoms with E-state index in [-0.39, 0.29) is 17.9 Å². The van der Waals surface area contributed by atoms with Crippen molar-refractivity contribution in [2.45, 2.75) is 63.9 Å². The van der Waals surface area contributed by atoms with Crippen LogP contribution in [0.1, 0.15) is 62.3 Å². The molecule has 31 heavy (non-hydrogen) atoms. The van der Waals surface area contributed by atoms with Crippen LogP contribution in [0.25, 0.3) is 11.3 Å². The average Bonchev–Trinajstić information content (AvgIpc) is 3.51. The predicted octanol–water partition coefficient (Wildman–Crippen LogP) is 3.32. The van der Waals surface area contributed by atoms with Gasteiger partial charge in [-0.25, -0.2) is 9.97 Å². The lowest BCUT2D eigenvalue weighted by Crippen LogP contribution is -2.43. The SMILES string of the molecule is Cc1cc(-c2cnc(N3CCCCC3)nc2C2CCN(C(=O)[C@@H]3CCCO3)CC2)on1. The van der Waals surface area contributed by atoms with Crippen molar-refractivity contribution < 1.29 is 14.1 Å². The third-order valence-electron chi connectivity index (χ3n) is 6.74. The predicted molar refractivity (Wildman–Crippen MR) is 116 cm³/mol. The van der Waals surface area contributed by atoms with E-state index in [0.29, 0.717) is 6.61 Å². The van der Waals surface area contributed by atoms with Crippen LogP contribution in [-0.4, -0.2) is 64.8 Å². The third kappa shape index (κ3) is 4.31. The van der Waals surface area contributed by atoms with Crippen molar-refractivity contribution in [3.8, 4) is 11.3 Å². The number of aryl methyl sites for hydroxylation is 1. The Morgan fingerprint density at radius 3 is 2.55 bits per heavy atom. The van der Waals surface area contributed by atoms with Gasteiger partial charge in [-0.05, 0) is 51.9 Å². The lowest BCUT2D eigenvalue weighted by atomic mass is 9.90. The van der Waals surface area contributed by atoms with Crippen LogP contribution in [-0.2, 0) is 9.53 Å². The van der Waals surface area contributed by atoms with Crippen molar-refractivity contribution in [1.29, 1.82) is 0 Å². The normalized spacial score (nSPS) is 22.8. The number of ether oxygens (including phenoxy) is 1. The molecule has 5 rings (SSSR count). The molecular weight excluding hydrogens is 394 g/mol. The maximum absolute atomic E-state index is 12.7. The summed E-state index contributed by atoms with van der Waals surface area (Å²) in [6.45, 7) is 6.11. The topological polar surface area (TPSA) is 84.6 Å². The van der Waals surface area contributed by atoms with Crippen LogP contribution in [0, 0.1) is 6.92 Å². The Balaban J connectivity index is 1.37. The van der Waals surface area contributed by atoms with Crippen molar-refractivity contribution in [1.82, 2.24) is 20.0 Å². The summed E-state index contributed by atoms with van der Waals surface area (Å²) in [5.74, 6) is 1.95. The molecule has 0 radical (unpaired) electrons. The number of piperidine rings is 2. The quantitative estimate of drug-likeness (QED) is 0.743. The zero-order chi connectivity index (χ0) is 21.2. The second-order valence-electron chi connectivity index (χ2n) is 8.95. The van der Waals surface area contributed by atoms with Gasteiger partial charge in [-0.2, -0.15) is 0 Å². The first-order valence-corrected chi connectivity index (χ1v) is 11.6. The number of hydrogen-bond donors (Lipinski definition) is 0. The standard InChI is InChI=1S/C23H31N5O3/c1-16-14-20(31-26-16)18-15-24-23(28-9-3-2-4-10-28)25-21(18)17-7-11-27(12-8-17)22(29)19-6-5-13-30-19/h14-15,17,19H,2-13H2,1H3/t19-/m0/s1. The molecule has 3 aliphatic heterocycles. The van der Waals surface area contributed by atoms with Crippen LogP contribution in [0.3, 0.4) is 0 Å². The Morgan fingerprint density at radius 1 is 1.06 bits per heavy atom. The highest BCUT2D eigenvalue weighted by Crippen LogP contribution is 2.35. The number of nitrogens with zero attached hydrogens (tertiary/aromatic N) is 5. The minimum Gasteiger partial charge on any atom is -0.368 e. The van der Waals surface area contributed by atoms with Gasteiger partial charge in [-0.15, -0.1) is 0 Å². The van der Waals surface area contributed by atoms with E-state index in [4.69, 9.17) is 14.2 Å². The van der Waals surface area contributed by atoms with Gasteiger partial charge in [0.25, 0.3) is 5.91 Å². The van der Waals surface area contributed by atoms with Crippen molar-refractivity contribution in [2.24, 2.45) is 0 Å². The van der Waals surface area contributed by atoms with Gasteiger partial charge in [0.15, 0.2) is 5.76 Å². The Bertz CT molecular complexity index is 910. The van der Waals surface area contributed by atoms with Crippen molar-refractivity contribution in [2.75, 3.05) is 37.7 Å². The molecule has 2 aromatic rings. The van der Waals surface area contributed by atoms with Crippen LogP contribution in [0.15, 0.2) is 16.8 Å². The highest BCUT2D eigenvalue weighted by atomic mass is 16.5. The van der Waals surface area contributed by atoms with Crippen LogP contribution < -0.4 is 4.90 Å². The number of rotatable bonds is 4. The molecule has 0 bridgehead atoms. The Morgan fingerprint density at radius 2 is 1.87 bits per heavy atom. The van der Waals surface area contributed by atoms with Crippen LogP contribution >= 0.6 is 0 Å². The molecule has 0 N–H and O–H groups in total. The monoisotopic (exact) mass is 425 g/mol. The van der Waals surface area contributed by atoms with Gasteiger partial charge in [0, 0.05) is 51.0 Å². The maximum atomic E-state index is 12.7. The maximum Gasteiger partial charge on any atom is 0.251 e. The molecule has 2 aromatic heterocycles. The molecule has 0 aromatic carbocycles. The summed E-state index contributed by atoms with van der Waals surface area (Å²) in [7, 11) is 0. The fraction of sp³-hybridized carbons (Fsp3) is 0.652. The molecule has 166 valence electrons. The van der Waals surface area contributed by atoms with Gasteiger partial charge in [0.1, 0.15) is 6.10 Å². The van der Waals surface area contributed by atoms with E-state index in [0.717, 1.165) is 80.5 Å². The molecule has 8 heteroatoms. The average molecular weight is 426 g/mol. The van der Waals surface area contributed by atoms with E-state index < -0.39 is 0 Å². The summed E-state index contributed by atoms with van der Waals surface area (Å²) in [6, 6.07) is 1.94. The Kier molecular flexibility index (Phi) is 5.89. The van der Waals surface area contributed by atoms with Crippen molar-refractivity contribution in [3.63, 3.8) is 0 Å². The first-order valence-electron chi connectivity index (χ1n) is 11.6. The molecule has 0 spiro atoms. The van der Waals surface area contributed by atoms with E-state index in [9.17, 15) is 4.79 Å². The highest BCUT2D eigenvalue weighted by molar-refractivity contribution is 5.81. The second-order valence-corrected chi connectivity index (χ2v) is 8.95. The fourth-order valence-corrected chi connectivity index (χ4v) is 4.97. The minimum absolute atomic E-state index is 0.152. The third-order valence-corrected chi connectivity index (χ3v) is 6.74. The zero-order valence-corrected chi connectivity index (χ0v) is 18.3. The van der Waals surface area contributed by atoms with E-state index in [2.05, 4.69) is 15.0 Å². The largest absolute Gasteiger partial charge is 0.368 e. The molecule has 8 nitrogen and oxygen atoms in total. The number of carbonyl (C=O) groups excluding carboxylic acids is 1. The lowest BCUT2D eigenvalue weighted by Gasteiger charge is -2.34. The van der Waals surface area contributed by atoms with Gasteiger partial charge in [-0.1, -0.05) is 5.16 Å². The second kappa shape index (κ2) is 8.94. The summed E-state index contributed by atoms with van der Waals surface area (Å²) in [5, 5.41) is 4.06. The summed E-state index contributed by atoms with van der Waals surface area (Å²) >= 11 is 0. The molecule has 1 amide bonds. The summed E-state index contributed by atoms with van der Waals surface area (Å²) in [4.78, 5) is 26.7.